The minimum absolute atomic E-state index is 0.0837. The molecule has 2 unspecified atom stereocenters. The molecule has 0 aliphatic carbocycles. The largest absolute Gasteiger partial charge is 0.381 e. The van der Waals surface area contributed by atoms with Crippen LogP contribution in [0.1, 0.15) is 19.3 Å². The van der Waals surface area contributed by atoms with E-state index in [-0.39, 0.29) is 10.8 Å². The van der Waals surface area contributed by atoms with Gasteiger partial charge in [-0.25, -0.2) is 13.4 Å². The first-order valence-corrected chi connectivity index (χ1v) is 8.82. The summed E-state index contributed by atoms with van der Waals surface area (Å²) in [4.78, 5) is 6.27. The smallest absolute Gasteiger partial charge is 0.262 e. The molecule has 0 spiro atoms. The number of hydrogen-bond acceptors (Lipinski definition) is 5. The first kappa shape index (κ1) is 14.8. The lowest BCUT2D eigenvalue weighted by atomic mass is 9.85. The van der Waals surface area contributed by atoms with Crippen LogP contribution in [0.25, 0.3) is 0 Å². The average Bonchev–Trinajstić information content (AvgIpc) is 2.78. The van der Waals surface area contributed by atoms with Crippen molar-refractivity contribution in [3.63, 3.8) is 0 Å². The molecule has 2 fully saturated rings. The summed E-state index contributed by atoms with van der Waals surface area (Å²) in [6.07, 6.45) is 4.57. The van der Waals surface area contributed by atoms with Gasteiger partial charge in [0.2, 0.25) is 0 Å². The monoisotopic (exact) mass is 313 g/mol. The number of aryl methyl sites for hydroxylation is 1. The Bertz CT molecular complexity index is 607. The van der Waals surface area contributed by atoms with Gasteiger partial charge < -0.3 is 15.2 Å². The lowest BCUT2D eigenvalue weighted by Gasteiger charge is -2.45. The van der Waals surface area contributed by atoms with Crippen molar-refractivity contribution in [2.45, 2.75) is 30.3 Å². The number of fused-ring (bicyclic) bond motifs is 1. The van der Waals surface area contributed by atoms with Gasteiger partial charge in [0.15, 0.2) is 10.8 Å². The second kappa shape index (κ2) is 5.26. The maximum Gasteiger partial charge on any atom is 0.262 e. The van der Waals surface area contributed by atoms with Crippen LogP contribution in [-0.2, 0) is 17.1 Å². The Morgan fingerprint density at radius 2 is 2.05 bits per heavy atom. The summed E-state index contributed by atoms with van der Waals surface area (Å²) in [5.74, 6) is 0.502. The molecule has 2 atom stereocenters. The first-order valence-electron chi connectivity index (χ1n) is 7.38. The van der Waals surface area contributed by atoms with Crippen LogP contribution in [0.3, 0.4) is 0 Å². The van der Waals surface area contributed by atoms with Gasteiger partial charge in [0.25, 0.3) is 10.0 Å². The second-order valence-corrected chi connectivity index (χ2v) is 8.00. The Morgan fingerprint density at radius 3 is 2.71 bits per heavy atom. The fraction of sp³-hybridized carbons (Fsp3) is 0.769. The number of piperidine rings is 2. The van der Waals surface area contributed by atoms with E-state index in [1.54, 1.807) is 11.4 Å². The lowest BCUT2D eigenvalue weighted by molar-refractivity contribution is 0.0670. The molecule has 0 saturated carbocycles. The summed E-state index contributed by atoms with van der Waals surface area (Å²) in [6, 6.07) is 0.508. The van der Waals surface area contributed by atoms with Crippen LogP contribution in [-0.4, -0.2) is 59.9 Å². The summed E-state index contributed by atoms with van der Waals surface area (Å²) < 4.78 is 28.7. The summed E-state index contributed by atoms with van der Waals surface area (Å²) in [5.41, 5.74) is 5.74. The van der Waals surface area contributed by atoms with Crippen LogP contribution in [0.5, 0.6) is 0 Å². The van der Waals surface area contributed by atoms with Crippen molar-refractivity contribution in [3.8, 4) is 0 Å². The predicted octanol–water partition coefficient (Wildman–Crippen LogP) is 0.107. The highest BCUT2D eigenvalue weighted by atomic mass is 32.2. The summed E-state index contributed by atoms with van der Waals surface area (Å²) in [7, 11) is 0.245. The van der Waals surface area contributed by atoms with Crippen LogP contribution in [0, 0.1) is 5.92 Å². The molecule has 3 heterocycles. The van der Waals surface area contributed by atoms with Crippen molar-refractivity contribution in [1.82, 2.24) is 18.8 Å². The molecule has 2 aliphatic heterocycles. The normalized spacial score (nSPS) is 28.5. The quantitative estimate of drug-likeness (QED) is 0.837. The molecular formula is C13H23N5O2S. The van der Waals surface area contributed by atoms with Crippen LogP contribution in [0.4, 0.5) is 5.82 Å². The van der Waals surface area contributed by atoms with Gasteiger partial charge in [0, 0.05) is 26.2 Å². The zero-order valence-electron chi connectivity index (χ0n) is 12.6. The first-order chi connectivity index (χ1) is 9.91. The Kier molecular flexibility index (Phi) is 3.71. The molecule has 7 nitrogen and oxygen atoms in total. The third-order valence-electron chi connectivity index (χ3n) is 4.80. The molecule has 21 heavy (non-hydrogen) atoms. The van der Waals surface area contributed by atoms with E-state index < -0.39 is 10.0 Å². The van der Waals surface area contributed by atoms with Gasteiger partial charge in [0.1, 0.15) is 0 Å². The van der Waals surface area contributed by atoms with Crippen molar-refractivity contribution in [3.05, 3.63) is 6.33 Å². The third kappa shape index (κ3) is 2.45. The third-order valence-corrected chi connectivity index (χ3v) is 6.80. The number of rotatable bonds is 2. The maximum atomic E-state index is 12.8. The second-order valence-electron chi connectivity index (χ2n) is 6.15. The molecule has 8 heteroatoms. The van der Waals surface area contributed by atoms with E-state index in [9.17, 15) is 8.42 Å². The Balaban J connectivity index is 1.85. The van der Waals surface area contributed by atoms with Crippen LogP contribution >= 0.6 is 0 Å². The molecule has 118 valence electrons. The summed E-state index contributed by atoms with van der Waals surface area (Å²) >= 11 is 0. The number of anilines is 1. The molecule has 2 aliphatic rings. The van der Waals surface area contributed by atoms with Gasteiger partial charge in [-0.15, -0.1) is 0 Å². The van der Waals surface area contributed by atoms with Crippen molar-refractivity contribution < 1.29 is 8.42 Å². The molecular weight excluding hydrogens is 290 g/mol. The molecule has 0 amide bonds. The SMILES string of the molecule is CN1CCCC2CN(S(=O)(=O)c3c(N)ncn3C)CCC21. The number of sulfonamides is 1. The fourth-order valence-electron chi connectivity index (χ4n) is 3.71. The van der Waals surface area contributed by atoms with Gasteiger partial charge in [-0.3, -0.25) is 0 Å². The Labute approximate surface area is 125 Å². The van der Waals surface area contributed by atoms with E-state index in [2.05, 4.69) is 16.9 Å². The number of nitrogens with zero attached hydrogens (tertiary/aromatic N) is 4. The van der Waals surface area contributed by atoms with Gasteiger partial charge in [-0.1, -0.05) is 0 Å². The highest BCUT2D eigenvalue weighted by Gasteiger charge is 2.40. The average molecular weight is 313 g/mol. The van der Waals surface area contributed by atoms with E-state index in [1.165, 1.54) is 10.9 Å². The van der Waals surface area contributed by atoms with E-state index in [0.717, 1.165) is 25.8 Å². The molecule has 0 aromatic carbocycles. The zero-order valence-corrected chi connectivity index (χ0v) is 13.4. The predicted molar refractivity (Wildman–Crippen MR) is 80.1 cm³/mol. The van der Waals surface area contributed by atoms with Gasteiger partial charge in [0.05, 0.1) is 6.33 Å². The highest BCUT2D eigenvalue weighted by Crippen LogP contribution is 2.32. The zero-order chi connectivity index (χ0) is 15.2. The topological polar surface area (TPSA) is 84.5 Å². The number of aromatic nitrogens is 2. The standard InChI is InChI=1S/C13H23N5O2S/c1-16-6-3-4-10-8-18(7-5-11(10)16)21(19,20)13-12(14)15-9-17(13)2/h9-11H,3-8,14H2,1-2H3. The molecule has 1 aromatic rings. The van der Waals surface area contributed by atoms with Crippen molar-refractivity contribution >= 4 is 15.8 Å². The Morgan fingerprint density at radius 1 is 1.29 bits per heavy atom. The number of hydrogen-bond donors (Lipinski definition) is 1. The van der Waals surface area contributed by atoms with Crippen molar-refractivity contribution in [1.29, 1.82) is 0 Å². The van der Waals surface area contributed by atoms with E-state index in [4.69, 9.17) is 5.73 Å². The molecule has 1 aromatic heterocycles. The lowest BCUT2D eigenvalue weighted by Crippen LogP contribution is -2.54. The van der Waals surface area contributed by atoms with Gasteiger partial charge >= 0.3 is 0 Å². The van der Waals surface area contributed by atoms with E-state index in [1.807, 2.05) is 0 Å². The minimum atomic E-state index is -3.56. The van der Waals surface area contributed by atoms with Crippen LogP contribution < -0.4 is 5.73 Å². The number of imidazole rings is 1. The van der Waals surface area contributed by atoms with Crippen molar-refractivity contribution in [2.24, 2.45) is 13.0 Å². The fourth-order valence-corrected chi connectivity index (χ4v) is 5.42. The molecule has 2 saturated heterocycles. The Hall–Kier alpha value is -1.12. The number of nitrogens with two attached hydrogens (primary N) is 1. The van der Waals surface area contributed by atoms with E-state index >= 15 is 0 Å². The summed E-state index contributed by atoms with van der Waals surface area (Å²) in [5, 5.41) is 0.116. The van der Waals surface area contributed by atoms with Gasteiger partial charge in [-0.05, 0) is 38.8 Å². The molecule has 0 bridgehead atoms. The minimum Gasteiger partial charge on any atom is -0.381 e. The molecule has 3 rings (SSSR count). The van der Waals surface area contributed by atoms with E-state index in [0.29, 0.717) is 25.0 Å². The highest BCUT2D eigenvalue weighted by molar-refractivity contribution is 7.89. The molecule has 0 radical (unpaired) electrons. The van der Waals surface area contributed by atoms with Gasteiger partial charge in [-0.2, -0.15) is 4.31 Å². The maximum absolute atomic E-state index is 12.8. The summed E-state index contributed by atoms with van der Waals surface area (Å²) in [6.45, 7) is 2.25. The van der Waals surface area contributed by atoms with Crippen LogP contribution in [0.15, 0.2) is 11.4 Å². The molecule has 2 N–H and O–H groups in total. The number of nitrogen functional groups attached to an aromatic ring is 1. The number of likely N-dealkylation sites (tertiary alicyclic amines) is 1. The van der Waals surface area contributed by atoms with Crippen LogP contribution in [0.2, 0.25) is 0 Å². The van der Waals surface area contributed by atoms with Crippen molar-refractivity contribution in [2.75, 3.05) is 32.4 Å².